The molecule has 1 fully saturated rings. The van der Waals surface area contributed by atoms with Crippen molar-refractivity contribution < 1.29 is 0 Å². The minimum atomic E-state index is -0.0125. The van der Waals surface area contributed by atoms with Crippen LogP contribution in [0.2, 0.25) is 0 Å². The van der Waals surface area contributed by atoms with Crippen molar-refractivity contribution in [2.45, 2.75) is 18.9 Å². The molecule has 2 rings (SSSR count). The molecule has 1 saturated heterocycles. The van der Waals surface area contributed by atoms with Crippen molar-refractivity contribution in [1.29, 1.82) is 5.26 Å². The third-order valence-corrected chi connectivity index (χ3v) is 3.25. The van der Waals surface area contributed by atoms with Crippen LogP contribution in [0.25, 0.3) is 0 Å². The highest BCUT2D eigenvalue weighted by molar-refractivity contribution is 5.25. The molecule has 1 heterocycles. The van der Waals surface area contributed by atoms with Crippen LogP contribution in [0, 0.1) is 11.3 Å². The van der Waals surface area contributed by atoms with E-state index in [2.05, 4.69) is 23.2 Å². The van der Waals surface area contributed by atoms with Gasteiger partial charge in [-0.3, -0.25) is 4.90 Å². The van der Waals surface area contributed by atoms with Crippen molar-refractivity contribution in [2.75, 3.05) is 26.2 Å². The van der Waals surface area contributed by atoms with Gasteiger partial charge in [0.15, 0.2) is 0 Å². The minimum absolute atomic E-state index is 0.0125. The van der Waals surface area contributed by atoms with Crippen molar-refractivity contribution in [3.05, 3.63) is 35.9 Å². The predicted octanol–water partition coefficient (Wildman–Crippen LogP) is 1.59. The first-order chi connectivity index (χ1) is 8.29. The van der Waals surface area contributed by atoms with Crippen LogP contribution >= 0.6 is 0 Å². The maximum Gasteiger partial charge on any atom is 0.0839 e. The summed E-state index contributed by atoms with van der Waals surface area (Å²) in [6.07, 6.45) is 0. The average molecular weight is 229 g/mol. The van der Waals surface area contributed by atoms with Gasteiger partial charge >= 0.3 is 0 Å². The van der Waals surface area contributed by atoms with Crippen molar-refractivity contribution in [3.8, 4) is 6.07 Å². The van der Waals surface area contributed by atoms with Gasteiger partial charge in [-0.2, -0.15) is 5.26 Å². The zero-order valence-electron chi connectivity index (χ0n) is 10.3. The van der Waals surface area contributed by atoms with Crippen LogP contribution in [0.3, 0.4) is 0 Å². The van der Waals surface area contributed by atoms with Gasteiger partial charge in [-0.05, 0) is 12.5 Å². The summed E-state index contributed by atoms with van der Waals surface area (Å²) in [6, 6.07) is 13.0. The highest BCUT2D eigenvalue weighted by Gasteiger charge is 2.20. The molecule has 1 aliphatic rings. The Kier molecular flexibility index (Phi) is 4.13. The summed E-state index contributed by atoms with van der Waals surface area (Å²) in [5.74, 6) is -0.0125. The molecule has 1 aromatic carbocycles. The Morgan fingerprint density at radius 2 is 2.24 bits per heavy atom. The normalized spacial score (nSPS) is 22.9. The zero-order chi connectivity index (χ0) is 12.1. The van der Waals surface area contributed by atoms with E-state index in [1.165, 1.54) is 0 Å². The van der Waals surface area contributed by atoms with Crippen molar-refractivity contribution >= 4 is 0 Å². The van der Waals surface area contributed by atoms with Crippen LogP contribution in [0.4, 0.5) is 0 Å². The summed E-state index contributed by atoms with van der Waals surface area (Å²) in [4.78, 5) is 2.38. The summed E-state index contributed by atoms with van der Waals surface area (Å²) in [5.41, 5.74) is 1.13. The Balaban J connectivity index is 1.99. The van der Waals surface area contributed by atoms with Crippen LogP contribution in [0.5, 0.6) is 0 Å². The lowest BCUT2D eigenvalue weighted by Crippen LogP contribution is -2.50. The fraction of sp³-hybridized carbons (Fsp3) is 0.500. The van der Waals surface area contributed by atoms with E-state index in [-0.39, 0.29) is 5.92 Å². The predicted molar refractivity (Wildman–Crippen MR) is 68.7 cm³/mol. The second kappa shape index (κ2) is 5.81. The van der Waals surface area contributed by atoms with E-state index in [1.54, 1.807) is 0 Å². The molecule has 1 N–H and O–H groups in total. The lowest BCUT2D eigenvalue weighted by molar-refractivity contribution is 0.204. The van der Waals surface area contributed by atoms with Gasteiger partial charge in [0.25, 0.3) is 0 Å². The molecule has 0 aliphatic carbocycles. The number of hydrogen-bond donors (Lipinski definition) is 1. The summed E-state index contributed by atoms with van der Waals surface area (Å²) in [7, 11) is 0. The molecule has 3 nitrogen and oxygen atoms in total. The fourth-order valence-corrected chi connectivity index (χ4v) is 2.34. The number of piperazine rings is 1. The Bertz CT molecular complexity index is 382. The number of benzene rings is 1. The van der Waals surface area contributed by atoms with Crippen molar-refractivity contribution in [2.24, 2.45) is 0 Å². The number of nitrogens with one attached hydrogen (secondary N) is 1. The maximum atomic E-state index is 9.28. The first-order valence-electron chi connectivity index (χ1n) is 6.20. The van der Waals surface area contributed by atoms with Crippen LogP contribution < -0.4 is 5.32 Å². The smallest absolute Gasteiger partial charge is 0.0839 e. The van der Waals surface area contributed by atoms with Gasteiger partial charge in [0, 0.05) is 32.2 Å². The molecule has 1 aliphatic heterocycles. The van der Waals surface area contributed by atoms with Gasteiger partial charge in [-0.25, -0.2) is 0 Å². The first-order valence-corrected chi connectivity index (χ1v) is 6.20. The molecule has 0 saturated carbocycles. The number of hydrogen-bond acceptors (Lipinski definition) is 3. The molecule has 1 unspecified atom stereocenters. The molecular formula is C14H19N3. The summed E-state index contributed by atoms with van der Waals surface area (Å²) in [6.45, 7) is 6.12. The molecule has 0 aromatic heterocycles. The topological polar surface area (TPSA) is 39.1 Å². The molecular weight excluding hydrogens is 210 g/mol. The van der Waals surface area contributed by atoms with Crippen molar-refractivity contribution in [1.82, 2.24) is 10.2 Å². The standard InChI is InChI=1S/C14H19N3/c1-12-10-17(8-7-16-12)11-14(9-15)13-5-3-2-4-6-13/h2-6,12,14,16H,7-8,10-11H2,1H3/t12-,14?/m1/s1. The molecule has 1 aromatic rings. The molecule has 17 heavy (non-hydrogen) atoms. The molecule has 0 radical (unpaired) electrons. The number of nitrogens with zero attached hydrogens (tertiary/aromatic N) is 2. The van der Waals surface area contributed by atoms with E-state index in [9.17, 15) is 5.26 Å². The second-order valence-electron chi connectivity index (χ2n) is 4.71. The van der Waals surface area contributed by atoms with E-state index in [0.717, 1.165) is 31.7 Å². The van der Waals surface area contributed by atoms with Gasteiger partial charge < -0.3 is 5.32 Å². The van der Waals surface area contributed by atoms with Gasteiger partial charge in [0.1, 0.15) is 0 Å². The van der Waals surface area contributed by atoms with E-state index in [0.29, 0.717) is 6.04 Å². The highest BCUT2D eigenvalue weighted by Crippen LogP contribution is 2.16. The minimum Gasteiger partial charge on any atom is -0.312 e. The number of nitriles is 1. The lowest BCUT2D eigenvalue weighted by atomic mass is 9.99. The molecule has 3 heteroatoms. The van der Waals surface area contributed by atoms with E-state index in [1.807, 2.05) is 30.3 Å². The molecule has 0 amide bonds. The van der Waals surface area contributed by atoms with Crippen LogP contribution in [0.15, 0.2) is 30.3 Å². The molecule has 0 spiro atoms. The van der Waals surface area contributed by atoms with E-state index in [4.69, 9.17) is 0 Å². The van der Waals surface area contributed by atoms with Gasteiger partial charge in [0.2, 0.25) is 0 Å². The zero-order valence-corrected chi connectivity index (χ0v) is 10.3. The van der Waals surface area contributed by atoms with Gasteiger partial charge in [-0.15, -0.1) is 0 Å². The maximum absolute atomic E-state index is 9.28. The van der Waals surface area contributed by atoms with Gasteiger partial charge in [0.05, 0.1) is 12.0 Å². The largest absolute Gasteiger partial charge is 0.312 e. The summed E-state index contributed by atoms with van der Waals surface area (Å²) >= 11 is 0. The Morgan fingerprint density at radius 1 is 1.47 bits per heavy atom. The van der Waals surface area contributed by atoms with Crippen LogP contribution in [0.1, 0.15) is 18.4 Å². The van der Waals surface area contributed by atoms with E-state index >= 15 is 0 Å². The van der Waals surface area contributed by atoms with Crippen molar-refractivity contribution in [3.63, 3.8) is 0 Å². The monoisotopic (exact) mass is 229 g/mol. The molecule has 0 bridgehead atoms. The van der Waals surface area contributed by atoms with Crippen LogP contribution in [-0.4, -0.2) is 37.1 Å². The second-order valence-corrected chi connectivity index (χ2v) is 4.71. The van der Waals surface area contributed by atoms with Crippen LogP contribution in [-0.2, 0) is 0 Å². The Morgan fingerprint density at radius 3 is 2.88 bits per heavy atom. The highest BCUT2D eigenvalue weighted by atomic mass is 15.2. The molecule has 90 valence electrons. The third kappa shape index (κ3) is 3.29. The first kappa shape index (κ1) is 12.1. The van der Waals surface area contributed by atoms with Gasteiger partial charge in [-0.1, -0.05) is 30.3 Å². The average Bonchev–Trinajstić information content (AvgIpc) is 2.37. The Hall–Kier alpha value is -1.37. The third-order valence-electron chi connectivity index (χ3n) is 3.25. The number of rotatable bonds is 3. The lowest BCUT2D eigenvalue weighted by Gasteiger charge is -2.32. The quantitative estimate of drug-likeness (QED) is 0.855. The Labute approximate surface area is 103 Å². The fourth-order valence-electron chi connectivity index (χ4n) is 2.34. The SMILES string of the molecule is C[C@@H]1CN(CC(C#N)c2ccccc2)CCN1. The molecule has 2 atom stereocenters. The van der Waals surface area contributed by atoms with E-state index < -0.39 is 0 Å². The summed E-state index contributed by atoms with van der Waals surface area (Å²) < 4.78 is 0. The summed E-state index contributed by atoms with van der Waals surface area (Å²) in [5, 5.41) is 12.7.